The molecule has 1 fully saturated rings. The SMILES string of the molecule is NCc1cncc2ncn(C3CCCCO3)c12. The molecule has 0 bridgehead atoms. The van der Waals surface area contributed by atoms with E-state index in [1.54, 1.807) is 6.20 Å². The molecule has 2 aromatic rings. The van der Waals surface area contributed by atoms with Crippen LogP contribution in [0.3, 0.4) is 0 Å². The standard InChI is InChI=1S/C12H16N4O/c13-5-9-6-14-7-10-12(9)16(8-15-10)11-3-1-2-4-17-11/h6-8,11H,1-5,13H2. The molecule has 0 aliphatic carbocycles. The van der Waals surface area contributed by atoms with E-state index in [9.17, 15) is 0 Å². The Bertz CT molecular complexity index is 516. The number of imidazole rings is 1. The molecule has 2 aromatic heterocycles. The van der Waals surface area contributed by atoms with E-state index >= 15 is 0 Å². The molecule has 90 valence electrons. The molecule has 1 atom stereocenters. The maximum Gasteiger partial charge on any atom is 0.135 e. The van der Waals surface area contributed by atoms with E-state index in [4.69, 9.17) is 10.5 Å². The summed E-state index contributed by atoms with van der Waals surface area (Å²) in [5.74, 6) is 0. The van der Waals surface area contributed by atoms with Crippen molar-refractivity contribution >= 4 is 11.0 Å². The highest BCUT2D eigenvalue weighted by molar-refractivity contribution is 5.77. The lowest BCUT2D eigenvalue weighted by Gasteiger charge is -2.24. The van der Waals surface area contributed by atoms with Crippen LogP contribution in [0.4, 0.5) is 0 Å². The third-order valence-corrected chi connectivity index (χ3v) is 3.24. The van der Waals surface area contributed by atoms with Gasteiger partial charge in [0.25, 0.3) is 0 Å². The van der Waals surface area contributed by atoms with Crippen molar-refractivity contribution in [1.29, 1.82) is 0 Å². The minimum atomic E-state index is 0.0986. The first-order chi connectivity index (χ1) is 8.40. The molecule has 1 aliphatic rings. The summed E-state index contributed by atoms with van der Waals surface area (Å²) in [7, 11) is 0. The number of nitrogens with zero attached hydrogens (tertiary/aromatic N) is 3. The summed E-state index contributed by atoms with van der Waals surface area (Å²) in [5, 5.41) is 0. The highest BCUT2D eigenvalue weighted by atomic mass is 16.5. The van der Waals surface area contributed by atoms with Gasteiger partial charge in [0.05, 0.1) is 18.0 Å². The third kappa shape index (κ3) is 1.81. The molecule has 2 N–H and O–H groups in total. The first kappa shape index (κ1) is 10.7. The van der Waals surface area contributed by atoms with Crippen LogP contribution in [0.1, 0.15) is 31.1 Å². The van der Waals surface area contributed by atoms with Crippen LogP contribution in [0.2, 0.25) is 0 Å². The van der Waals surface area contributed by atoms with Gasteiger partial charge >= 0.3 is 0 Å². The zero-order chi connectivity index (χ0) is 11.7. The van der Waals surface area contributed by atoms with Crippen molar-refractivity contribution in [2.75, 3.05) is 6.61 Å². The second-order valence-corrected chi connectivity index (χ2v) is 4.34. The quantitative estimate of drug-likeness (QED) is 0.853. The van der Waals surface area contributed by atoms with E-state index in [2.05, 4.69) is 14.5 Å². The Hall–Kier alpha value is -1.46. The van der Waals surface area contributed by atoms with E-state index in [1.165, 1.54) is 6.42 Å². The first-order valence-electron chi connectivity index (χ1n) is 6.01. The van der Waals surface area contributed by atoms with Crippen molar-refractivity contribution < 1.29 is 4.74 Å². The molecule has 0 amide bonds. The number of hydrogen-bond acceptors (Lipinski definition) is 4. The molecule has 5 heteroatoms. The largest absolute Gasteiger partial charge is 0.358 e. The second kappa shape index (κ2) is 4.43. The van der Waals surface area contributed by atoms with E-state index in [0.717, 1.165) is 36.0 Å². The summed E-state index contributed by atoms with van der Waals surface area (Å²) in [4.78, 5) is 8.51. The third-order valence-electron chi connectivity index (χ3n) is 3.24. The fourth-order valence-corrected chi connectivity index (χ4v) is 2.37. The molecule has 0 saturated carbocycles. The van der Waals surface area contributed by atoms with Gasteiger partial charge in [-0.25, -0.2) is 4.98 Å². The summed E-state index contributed by atoms with van der Waals surface area (Å²) >= 11 is 0. The maximum absolute atomic E-state index is 5.79. The number of aromatic nitrogens is 3. The maximum atomic E-state index is 5.79. The monoisotopic (exact) mass is 232 g/mol. The zero-order valence-corrected chi connectivity index (χ0v) is 9.67. The molecule has 5 nitrogen and oxygen atoms in total. The lowest BCUT2D eigenvalue weighted by atomic mass is 10.1. The Morgan fingerprint density at radius 3 is 3.12 bits per heavy atom. The minimum absolute atomic E-state index is 0.0986. The minimum Gasteiger partial charge on any atom is -0.358 e. The van der Waals surface area contributed by atoms with Crippen LogP contribution >= 0.6 is 0 Å². The van der Waals surface area contributed by atoms with Crippen LogP contribution in [0.5, 0.6) is 0 Å². The van der Waals surface area contributed by atoms with Crippen LogP contribution in [0, 0.1) is 0 Å². The van der Waals surface area contributed by atoms with Crippen LogP contribution in [-0.2, 0) is 11.3 Å². The molecule has 0 spiro atoms. The van der Waals surface area contributed by atoms with Gasteiger partial charge in [-0.05, 0) is 19.3 Å². The Morgan fingerprint density at radius 2 is 2.35 bits per heavy atom. The van der Waals surface area contributed by atoms with Gasteiger partial charge in [0, 0.05) is 24.9 Å². The Kier molecular flexibility index (Phi) is 2.78. The molecule has 0 radical (unpaired) electrons. The lowest BCUT2D eigenvalue weighted by Crippen LogP contribution is -2.18. The summed E-state index contributed by atoms with van der Waals surface area (Å²) in [5.41, 5.74) is 8.73. The van der Waals surface area contributed by atoms with E-state index in [1.807, 2.05) is 12.5 Å². The van der Waals surface area contributed by atoms with Gasteiger partial charge in [0.15, 0.2) is 0 Å². The predicted molar refractivity (Wildman–Crippen MR) is 64.3 cm³/mol. The topological polar surface area (TPSA) is 66.0 Å². The fraction of sp³-hybridized carbons (Fsp3) is 0.500. The molecular weight excluding hydrogens is 216 g/mol. The second-order valence-electron chi connectivity index (χ2n) is 4.34. The number of pyridine rings is 1. The van der Waals surface area contributed by atoms with Gasteiger partial charge in [-0.2, -0.15) is 0 Å². The van der Waals surface area contributed by atoms with E-state index in [-0.39, 0.29) is 6.23 Å². The van der Waals surface area contributed by atoms with Crippen molar-refractivity contribution in [1.82, 2.24) is 14.5 Å². The molecule has 3 heterocycles. The van der Waals surface area contributed by atoms with Crippen molar-refractivity contribution in [3.63, 3.8) is 0 Å². The van der Waals surface area contributed by atoms with E-state index < -0.39 is 0 Å². The summed E-state index contributed by atoms with van der Waals surface area (Å²) in [6, 6.07) is 0. The molecule has 3 rings (SSSR count). The Balaban J connectivity index is 2.09. The van der Waals surface area contributed by atoms with Gasteiger partial charge in [-0.1, -0.05) is 0 Å². The average Bonchev–Trinajstić information content (AvgIpc) is 2.83. The fourth-order valence-electron chi connectivity index (χ4n) is 2.37. The summed E-state index contributed by atoms with van der Waals surface area (Å²) < 4.78 is 7.89. The van der Waals surface area contributed by atoms with E-state index in [0.29, 0.717) is 6.54 Å². The summed E-state index contributed by atoms with van der Waals surface area (Å²) in [6.45, 7) is 1.30. The number of rotatable bonds is 2. The van der Waals surface area contributed by atoms with Gasteiger partial charge in [-0.15, -0.1) is 0 Å². The van der Waals surface area contributed by atoms with Gasteiger partial charge < -0.3 is 15.0 Å². The lowest BCUT2D eigenvalue weighted by molar-refractivity contribution is -0.0295. The van der Waals surface area contributed by atoms with Crippen molar-refractivity contribution in [3.8, 4) is 0 Å². The van der Waals surface area contributed by atoms with Gasteiger partial charge in [0.2, 0.25) is 0 Å². The van der Waals surface area contributed by atoms with Crippen LogP contribution < -0.4 is 5.73 Å². The molecule has 17 heavy (non-hydrogen) atoms. The molecule has 1 unspecified atom stereocenters. The Labute approximate surface area is 99.6 Å². The van der Waals surface area contributed by atoms with Crippen molar-refractivity contribution in [2.45, 2.75) is 32.0 Å². The normalized spacial score (nSPS) is 20.9. The molecule has 0 aromatic carbocycles. The number of ether oxygens (including phenoxy) is 1. The molecule has 1 aliphatic heterocycles. The van der Waals surface area contributed by atoms with Crippen molar-refractivity contribution in [3.05, 3.63) is 24.3 Å². The van der Waals surface area contributed by atoms with Crippen molar-refractivity contribution in [2.24, 2.45) is 5.73 Å². The first-order valence-corrected chi connectivity index (χ1v) is 6.01. The van der Waals surface area contributed by atoms with Crippen LogP contribution in [0.25, 0.3) is 11.0 Å². The van der Waals surface area contributed by atoms with Crippen LogP contribution in [0.15, 0.2) is 18.7 Å². The van der Waals surface area contributed by atoms with Gasteiger partial charge in [0.1, 0.15) is 11.7 Å². The predicted octanol–water partition coefficient (Wildman–Crippen LogP) is 1.59. The molecule has 1 saturated heterocycles. The Morgan fingerprint density at radius 1 is 1.41 bits per heavy atom. The average molecular weight is 232 g/mol. The highest BCUT2D eigenvalue weighted by Gasteiger charge is 2.19. The van der Waals surface area contributed by atoms with Crippen LogP contribution in [-0.4, -0.2) is 21.1 Å². The highest BCUT2D eigenvalue weighted by Crippen LogP contribution is 2.27. The number of nitrogens with two attached hydrogens (primary N) is 1. The number of hydrogen-bond donors (Lipinski definition) is 1. The zero-order valence-electron chi connectivity index (χ0n) is 9.67. The summed E-state index contributed by atoms with van der Waals surface area (Å²) in [6.07, 6.45) is 8.90. The smallest absolute Gasteiger partial charge is 0.135 e. The van der Waals surface area contributed by atoms with Gasteiger partial charge in [-0.3, -0.25) is 4.98 Å². The molecular formula is C12H16N4O. The number of fused-ring (bicyclic) bond motifs is 1.